The van der Waals surface area contributed by atoms with Crippen LogP contribution in [0.2, 0.25) is 5.02 Å². The number of halogens is 1. The number of rotatable bonds is 2. The van der Waals surface area contributed by atoms with Crippen LogP contribution in [0.3, 0.4) is 0 Å². The molecule has 146 valence electrons. The van der Waals surface area contributed by atoms with Gasteiger partial charge in [0.25, 0.3) is 5.91 Å². The SMILES string of the molecule is Cc1cccc2cc(-c3cc4ccccc4[nH]3)c(=NC(=O)c3ccc(Cl)cc3)oc12. The molecule has 0 aliphatic rings. The quantitative estimate of drug-likeness (QED) is 0.370. The molecule has 5 rings (SSSR count). The maximum atomic E-state index is 12.8. The van der Waals surface area contributed by atoms with Gasteiger partial charge < -0.3 is 9.40 Å². The number of carbonyl (C=O) groups is 1. The number of para-hydroxylation sites is 2. The number of fused-ring (bicyclic) bond motifs is 2. The Bertz CT molecular complexity index is 1440. The molecule has 5 heteroatoms. The summed E-state index contributed by atoms with van der Waals surface area (Å²) in [5.41, 5.74) is 4.97. The minimum atomic E-state index is -0.388. The second-order valence-electron chi connectivity index (χ2n) is 7.15. The van der Waals surface area contributed by atoms with Crippen molar-refractivity contribution in [1.82, 2.24) is 4.98 Å². The van der Waals surface area contributed by atoms with E-state index in [0.29, 0.717) is 16.2 Å². The Morgan fingerprint density at radius 1 is 0.933 bits per heavy atom. The lowest BCUT2D eigenvalue weighted by molar-refractivity contribution is 0.0995. The molecule has 2 heterocycles. The Morgan fingerprint density at radius 2 is 1.70 bits per heavy atom. The molecule has 0 unspecified atom stereocenters. The molecule has 30 heavy (non-hydrogen) atoms. The molecule has 3 aromatic carbocycles. The molecule has 1 N–H and O–H groups in total. The topological polar surface area (TPSA) is 58.4 Å². The molecule has 0 aliphatic heterocycles. The van der Waals surface area contributed by atoms with Gasteiger partial charge in [0.1, 0.15) is 5.58 Å². The van der Waals surface area contributed by atoms with Crippen molar-refractivity contribution in [2.45, 2.75) is 6.92 Å². The average Bonchev–Trinajstić information content (AvgIpc) is 3.18. The fourth-order valence-corrected chi connectivity index (χ4v) is 3.67. The number of nitrogens with one attached hydrogen (secondary N) is 1. The summed E-state index contributed by atoms with van der Waals surface area (Å²) >= 11 is 5.94. The largest absolute Gasteiger partial charge is 0.437 e. The number of aromatic nitrogens is 1. The van der Waals surface area contributed by atoms with Crippen molar-refractivity contribution in [3.8, 4) is 11.3 Å². The van der Waals surface area contributed by atoms with E-state index < -0.39 is 0 Å². The minimum Gasteiger partial charge on any atom is -0.437 e. The Morgan fingerprint density at radius 3 is 2.50 bits per heavy atom. The normalized spacial score (nSPS) is 12.0. The second-order valence-corrected chi connectivity index (χ2v) is 7.59. The van der Waals surface area contributed by atoms with Crippen LogP contribution in [0.4, 0.5) is 0 Å². The zero-order valence-corrected chi connectivity index (χ0v) is 16.9. The van der Waals surface area contributed by atoms with Gasteiger partial charge in [-0.3, -0.25) is 4.79 Å². The molecule has 5 aromatic rings. The molecule has 2 aromatic heterocycles. The smallest absolute Gasteiger partial charge is 0.280 e. The highest BCUT2D eigenvalue weighted by Crippen LogP contribution is 2.26. The average molecular weight is 413 g/mol. The Labute approximate surface area is 177 Å². The highest BCUT2D eigenvalue weighted by Gasteiger charge is 2.13. The van der Waals surface area contributed by atoms with Crippen molar-refractivity contribution in [2.24, 2.45) is 4.99 Å². The number of hydrogen-bond donors (Lipinski definition) is 1. The maximum absolute atomic E-state index is 12.8. The lowest BCUT2D eigenvalue weighted by atomic mass is 10.1. The summed E-state index contributed by atoms with van der Waals surface area (Å²) in [5, 5.41) is 2.59. The molecule has 0 spiro atoms. The molecule has 0 radical (unpaired) electrons. The minimum absolute atomic E-state index is 0.267. The van der Waals surface area contributed by atoms with Gasteiger partial charge in [-0.15, -0.1) is 0 Å². The lowest BCUT2D eigenvalue weighted by Crippen LogP contribution is -2.10. The summed E-state index contributed by atoms with van der Waals surface area (Å²) in [7, 11) is 0. The van der Waals surface area contributed by atoms with Gasteiger partial charge in [0.05, 0.1) is 11.3 Å². The van der Waals surface area contributed by atoms with E-state index >= 15 is 0 Å². The molecule has 0 bridgehead atoms. The summed E-state index contributed by atoms with van der Waals surface area (Å²) in [6.07, 6.45) is 0. The van der Waals surface area contributed by atoms with Gasteiger partial charge in [0.15, 0.2) is 0 Å². The first kappa shape index (κ1) is 18.4. The van der Waals surface area contributed by atoms with Gasteiger partial charge in [0, 0.05) is 26.9 Å². The first-order valence-electron chi connectivity index (χ1n) is 9.55. The van der Waals surface area contributed by atoms with Crippen molar-refractivity contribution in [3.63, 3.8) is 0 Å². The zero-order valence-electron chi connectivity index (χ0n) is 16.1. The molecule has 0 atom stereocenters. The molecule has 0 saturated carbocycles. The number of aryl methyl sites for hydroxylation is 1. The third-order valence-electron chi connectivity index (χ3n) is 5.09. The van der Waals surface area contributed by atoms with Gasteiger partial charge in [-0.2, -0.15) is 4.99 Å². The third-order valence-corrected chi connectivity index (χ3v) is 5.34. The van der Waals surface area contributed by atoms with Crippen molar-refractivity contribution < 1.29 is 9.21 Å². The molecule has 0 fully saturated rings. The Kier molecular flexibility index (Phi) is 4.49. The Balaban J connectivity index is 1.76. The van der Waals surface area contributed by atoms with Crippen molar-refractivity contribution in [2.75, 3.05) is 0 Å². The van der Waals surface area contributed by atoms with Crippen LogP contribution < -0.4 is 5.55 Å². The number of benzene rings is 3. The van der Waals surface area contributed by atoms with Crippen LogP contribution in [0, 0.1) is 6.92 Å². The van der Waals surface area contributed by atoms with Gasteiger partial charge in [0.2, 0.25) is 5.55 Å². The Hall–Kier alpha value is -3.63. The highest BCUT2D eigenvalue weighted by molar-refractivity contribution is 6.30. The van der Waals surface area contributed by atoms with Crippen LogP contribution in [-0.2, 0) is 0 Å². The van der Waals surface area contributed by atoms with E-state index in [1.807, 2.05) is 61.5 Å². The number of H-pyrrole nitrogens is 1. The predicted octanol–water partition coefficient (Wildman–Crippen LogP) is 6.28. The summed E-state index contributed by atoms with van der Waals surface area (Å²) in [5.74, 6) is -0.388. The number of nitrogens with zero attached hydrogens (tertiary/aromatic N) is 1. The number of carbonyl (C=O) groups excluding carboxylic acids is 1. The summed E-state index contributed by atoms with van der Waals surface area (Å²) in [4.78, 5) is 20.6. The zero-order chi connectivity index (χ0) is 20.7. The lowest BCUT2D eigenvalue weighted by Gasteiger charge is -2.05. The van der Waals surface area contributed by atoms with Crippen LogP contribution in [0.25, 0.3) is 33.1 Å². The van der Waals surface area contributed by atoms with E-state index in [2.05, 4.69) is 9.98 Å². The monoisotopic (exact) mass is 412 g/mol. The van der Waals surface area contributed by atoms with E-state index in [1.54, 1.807) is 24.3 Å². The van der Waals surface area contributed by atoms with Crippen molar-refractivity contribution >= 4 is 39.4 Å². The van der Waals surface area contributed by atoms with Crippen LogP contribution >= 0.6 is 11.6 Å². The maximum Gasteiger partial charge on any atom is 0.280 e. The molecular weight excluding hydrogens is 396 g/mol. The second kappa shape index (κ2) is 7.32. The van der Waals surface area contributed by atoms with E-state index in [1.165, 1.54) is 0 Å². The van der Waals surface area contributed by atoms with Gasteiger partial charge in [-0.1, -0.05) is 48.0 Å². The molecular formula is C25H17ClN2O2. The van der Waals surface area contributed by atoms with Crippen LogP contribution in [0.5, 0.6) is 0 Å². The number of aromatic amines is 1. The van der Waals surface area contributed by atoms with Gasteiger partial charge in [-0.05, 0) is 55.0 Å². The van der Waals surface area contributed by atoms with Crippen molar-refractivity contribution in [3.05, 3.63) is 101 Å². The standard InChI is InChI=1S/C25H17ClN2O2/c1-15-5-4-7-18-13-20(22-14-17-6-2-3-8-21(17)27-22)25(30-23(15)18)28-24(29)16-9-11-19(26)12-10-16/h2-14,27H,1H3. The van der Waals surface area contributed by atoms with Crippen LogP contribution in [-0.4, -0.2) is 10.9 Å². The number of hydrogen-bond acceptors (Lipinski definition) is 2. The van der Waals surface area contributed by atoms with Gasteiger partial charge in [-0.25, -0.2) is 0 Å². The number of amides is 1. The molecule has 0 aliphatic carbocycles. The van der Waals surface area contributed by atoms with E-state index in [-0.39, 0.29) is 11.5 Å². The fourth-order valence-electron chi connectivity index (χ4n) is 3.54. The first-order chi connectivity index (χ1) is 14.6. The highest BCUT2D eigenvalue weighted by atomic mass is 35.5. The van der Waals surface area contributed by atoms with Crippen molar-refractivity contribution in [1.29, 1.82) is 0 Å². The van der Waals surface area contributed by atoms with Gasteiger partial charge >= 0.3 is 0 Å². The third kappa shape index (κ3) is 3.31. The molecule has 0 saturated heterocycles. The summed E-state index contributed by atoms with van der Waals surface area (Å²) in [6, 6.07) is 24.7. The first-order valence-corrected chi connectivity index (χ1v) is 9.92. The summed E-state index contributed by atoms with van der Waals surface area (Å²) in [6.45, 7) is 1.97. The predicted molar refractivity (Wildman–Crippen MR) is 120 cm³/mol. The van der Waals surface area contributed by atoms with Crippen LogP contribution in [0.1, 0.15) is 15.9 Å². The van der Waals surface area contributed by atoms with E-state index in [4.69, 9.17) is 16.0 Å². The van der Waals surface area contributed by atoms with Crippen LogP contribution in [0.15, 0.2) is 88.3 Å². The summed E-state index contributed by atoms with van der Waals surface area (Å²) < 4.78 is 6.16. The fraction of sp³-hybridized carbons (Fsp3) is 0.0400. The van der Waals surface area contributed by atoms with E-state index in [0.717, 1.165) is 33.1 Å². The van der Waals surface area contributed by atoms with E-state index in [9.17, 15) is 4.79 Å². The molecule has 4 nitrogen and oxygen atoms in total. The molecule has 1 amide bonds.